The van der Waals surface area contributed by atoms with Crippen LogP contribution in [0.5, 0.6) is 0 Å². The molecule has 5 heteroatoms. The predicted octanol–water partition coefficient (Wildman–Crippen LogP) is 3.40. The van der Waals surface area contributed by atoms with Gasteiger partial charge in [-0.15, -0.1) is 0 Å². The van der Waals surface area contributed by atoms with Gasteiger partial charge in [0.05, 0.1) is 5.02 Å². The third-order valence-corrected chi connectivity index (χ3v) is 2.74. The van der Waals surface area contributed by atoms with E-state index in [1.807, 2.05) is 0 Å². The lowest BCUT2D eigenvalue weighted by atomic mass is 10.1. The van der Waals surface area contributed by atoms with Gasteiger partial charge in [-0.3, -0.25) is 0 Å². The molecule has 1 unspecified atom stereocenters. The molecule has 0 aliphatic rings. The molecule has 1 aromatic carbocycles. The molecule has 0 aliphatic carbocycles. The molecule has 1 N–H and O–H groups in total. The Bertz CT molecular complexity index is 306. The summed E-state index contributed by atoms with van der Waals surface area (Å²) < 4.78 is 24.6. The molecule has 1 aromatic rings. The van der Waals surface area contributed by atoms with E-state index in [1.54, 1.807) is 0 Å². The Balaban J connectivity index is 2.97. The fourth-order valence-electron chi connectivity index (χ4n) is 0.842. The van der Waals surface area contributed by atoms with Crippen molar-refractivity contribution in [3.63, 3.8) is 0 Å². The maximum atomic E-state index is 12.0. The molecule has 1 nitrogen and oxygen atoms in total. The zero-order valence-electron chi connectivity index (χ0n) is 6.35. The molecule has 0 radical (unpaired) electrons. The summed E-state index contributed by atoms with van der Waals surface area (Å²) in [5.74, 6) is 0. The molecule has 0 bridgehead atoms. The van der Waals surface area contributed by atoms with Gasteiger partial charge in [-0.05, 0) is 33.6 Å². The first-order chi connectivity index (χ1) is 6.02. The normalized spacial score (nSPS) is 13.4. The molecular formula is C8H6BrClF2O. The third-order valence-electron chi connectivity index (χ3n) is 1.52. The zero-order chi connectivity index (χ0) is 10.0. The number of benzene rings is 1. The first-order valence-electron chi connectivity index (χ1n) is 3.43. The second kappa shape index (κ2) is 4.35. The molecule has 1 atom stereocenters. The van der Waals surface area contributed by atoms with Crippen LogP contribution in [0.1, 0.15) is 11.7 Å². The van der Waals surface area contributed by atoms with Gasteiger partial charge < -0.3 is 5.11 Å². The largest absolute Gasteiger partial charge is 0.382 e. The van der Waals surface area contributed by atoms with Crippen LogP contribution < -0.4 is 0 Å². The van der Waals surface area contributed by atoms with E-state index in [1.165, 1.54) is 18.2 Å². The lowest BCUT2D eigenvalue weighted by Gasteiger charge is -2.10. The van der Waals surface area contributed by atoms with Crippen molar-refractivity contribution in [1.82, 2.24) is 0 Å². The van der Waals surface area contributed by atoms with Crippen LogP contribution in [0.15, 0.2) is 22.7 Å². The molecule has 0 aromatic heterocycles. The first-order valence-corrected chi connectivity index (χ1v) is 4.60. The topological polar surface area (TPSA) is 20.2 Å². The summed E-state index contributed by atoms with van der Waals surface area (Å²) in [4.78, 5) is 0. The summed E-state index contributed by atoms with van der Waals surface area (Å²) in [6, 6.07) is 4.19. The average molecular weight is 271 g/mol. The number of hydrogen-bond donors (Lipinski definition) is 1. The van der Waals surface area contributed by atoms with Gasteiger partial charge >= 0.3 is 0 Å². The van der Waals surface area contributed by atoms with Gasteiger partial charge in [-0.25, -0.2) is 8.78 Å². The highest BCUT2D eigenvalue weighted by Crippen LogP contribution is 2.28. The molecule has 0 heterocycles. The first kappa shape index (κ1) is 10.9. The van der Waals surface area contributed by atoms with Gasteiger partial charge in [0.1, 0.15) is 6.10 Å². The van der Waals surface area contributed by atoms with Crippen LogP contribution in [-0.2, 0) is 0 Å². The lowest BCUT2D eigenvalue weighted by molar-refractivity contribution is -0.00580. The van der Waals surface area contributed by atoms with Gasteiger partial charge in [-0.1, -0.05) is 17.7 Å². The summed E-state index contributed by atoms with van der Waals surface area (Å²) in [6.45, 7) is 0. The van der Waals surface area contributed by atoms with Crippen LogP contribution in [0.3, 0.4) is 0 Å². The summed E-state index contributed by atoms with van der Waals surface area (Å²) >= 11 is 8.72. The number of alkyl halides is 2. The van der Waals surface area contributed by atoms with Crippen molar-refractivity contribution < 1.29 is 13.9 Å². The highest BCUT2D eigenvalue weighted by molar-refractivity contribution is 9.10. The third kappa shape index (κ3) is 2.62. The highest BCUT2D eigenvalue weighted by Gasteiger charge is 2.19. The van der Waals surface area contributed by atoms with Crippen LogP contribution in [-0.4, -0.2) is 11.5 Å². The SMILES string of the molecule is OC(c1ccc(Cl)c(Br)c1)C(F)F. The molecule has 0 saturated carbocycles. The van der Waals surface area contributed by atoms with Crippen LogP contribution in [0.4, 0.5) is 8.78 Å². The van der Waals surface area contributed by atoms with Crippen molar-refractivity contribution >= 4 is 27.5 Å². The number of aliphatic hydroxyl groups is 1. The van der Waals surface area contributed by atoms with Crippen molar-refractivity contribution in [3.8, 4) is 0 Å². The van der Waals surface area contributed by atoms with Crippen LogP contribution in [0.2, 0.25) is 5.02 Å². The van der Waals surface area contributed by atoms with E-state index in [0.717, 1.165) is 0 Å². The van der Waals surface area contributed by atoms with Gasteiger partial charge in [0.25, 0.3) is 6.43 Å². The minimum Gasteiger partial charge on any atom is -0.382 e. The van der Waals surface area contributed by atoms with E-state index in [2.05, 4.69) is 15.9 Å². The van der Waals surface area contributed by atoms with E-state index < -0.39 is 12.5 Å². The monoisotopic (exact) mass is 270 g/mol. The minimum atomic E-state index is -2.78. The maximum Gasteiger partial charge on any atom is 0.268 e. The lowest BCUT2D eigenvalue weighted by Crippen LogP contribution is -2.07. The second-order valence-electron chi connectivity index (χ2n) is 2.45. The fourth-order valence-corrected chi connectivity index (χ4v) is 1.36. The minimum absolute atomic E-state index is 0.145. The average Bonchev–Trinajstić information content (AvgIpc) is 2.08. The molecule has 0 aliphatic heterocycles. The molecular weight excluding hydrogens is 265 g/mol. The standard InChI is InChI=1S/C8H6BrClF2O/c9-5-3-4(1-2-6(5)10)7(13)8(11)12/h1-3,7-8,13H. The van der Waals surface area contributed by atoms with Crippen molar-refractivity contribution in [1.29, 1.82) is 0 Å². The van der Waals surface area contributed by atoms with Crippen LogP contribution >= 0.6 is 27.5 Å². The molecule has 0 amide bonds. The van der Waals surface area contributed by atoms with E-state index >= 15 is 0 Å². The quantitative estimate of drug-likeness (QED) is 0.874. The number of aliphatic hydroxyl groups excluding tert-OH is 1. The van der Waals surface area contributed by atoms with Gasteiger partial charge in [-0.2, -0.15) is 0 Å². The maximum absolute atomic E-state index is 12.0. The van der Waals surface area contributed by atoms with E-state index in [4.69, 9.17) is 16.7 Å². The molecule has 0 saturated heterocycles. The molecule has 0 fully saturated rings. The Kier molecular flexibility index (Phi) is 3.64. The van der Waals surface area contributed by atoms with Gasteiger partial charge in [0, 0.05) is 4.47 Å². The van der Waals surface area contributed by atoms with Gasteiger partial charge in [0.15, 0.2) is 0 Å². The second-order valence-corrected chi connectivity index (χ2v) is 3.71. The fraction of sp³-hybridized carbons (Fsp3) is 0.250. The molecule has 72 valence electrons. The van der Waals surface area contributed by atoms with E-state index in [-0.39, 0.29) is 5.56 Å². The Morgan fingerprint density at radius 2 is 2.00 bits per heavy atom. The Labute approximate surface area is 87.5 Å². The smallest absolute Gasteiger partial charge is 0.268 e. The summed E-state index contributed by atoms with van der Waals surface area (Å²) in [5.41, 5.74) is 0.145. The van der Waals surface area contributed by atoms with Crippen LogP contribution in [0.25, 0.3) is 0 Å². The number of halogens is 4. The highest BCUT2D eigenvalue weighted by atomic mass is 79.9. The molecule has 1 rings (SSSR count). The van der Waals surface area contributed by atoms with Gasteiger partial charge in [0.2, 0.25) is 0 Å². The predicted molar refractivity (Wildman–Crippen MR) is 50.1 cm³/mol. The number of rotatable bonds is 2. The van der Waals surface area contributed by atoms with E-state index in [0.29, 0.717) is 9.50 Å². The van der Waals surface area contributed by atoms with Crippen molar-refractivity contribution in [2.75, 3.05) is 0 Å². The summed E-state index contributed by atoms with van der Waals surface area (Å²) in [5, 5.41) is 9.42. The zero-order valence-corrected chi connectivity index (χ0v) is 8.69. The molecule has 13 heavy (non-hydrogen) atoms. The number of hydrogen-bond acceptors (Lipinski definition) is 1. The van der Waals surface area contributed by atoms with Crippen molar-refractivity contribution in [2.24, 2.45) is 0 Å². The Hall–Kier alpha value is -0.190. The van der Waals surface area contributed by atoms with Crippen molar-refractivity contribution in [2.45, 2.75) is 12.5 Å². The Morgan fingerprint density at radius 3 is 2.46 bits per heavy atom. The van der Waals surface area contributed by atoms with Crippen molar-refractivity contribution in [3.05, 3.63) is 33.3 Å². The summed E-state index contributed by atoms with van der Waals surface area (Å²) in [7, 11) is 0. The van der Waals surface area contributed by atoms with E-state index in [9.17, 15) is 8.78 Å². The Morgan fingerprint density at radius 1 is 1.38 bits per heavy atom. The van der Waals surface area contributed by atoms with Crippen LogP contribution in [0, 0.1) is 0 Å². The summed E-state index contributed by atoms with van der Waals surface area (Å²) in [6.07, 6.45) is -4.54. The molecule has 0 spiro atoms.